The van der Waals surface area contributed by atoms with Crippen LogP contribution in [0, 0.1) is 0 Å². The van der Waals surface area contributed by atoms with Crippen molar-refractivity contribution in [3.63, 3.8) is 0 Å². The highest BCUT2D eigenvalue weighted by Gasteiger charge is 2.52. The predicted octanol–water partition coefficient (Wildman–Crippen LogP) is 14.7. The van der Waals surface area contributed by atoms with Crippen LogP contribution in [0.5, 0.6) is 0 Å². The minimum absolute atomic E-state index is 0.425. The van der Waals surface area contributed by atoms with Crippen LogP contribution in [0.15, 0.2) is 200 Å². The summed E-state index contributed by atoms with van der Waals surface area (Å²) in [6, 6.07) is 74.2. The Morgan fingerprint density at radius 3 is 1.71 bits per heavy atom. The Balaban J connectivity index is 1.11. The van der Waals surface area contributed by atoms with Gasteiger partial charge in [0.1, 0.15) is 0 Å². The van der Waals surface area contributed by atoms with Crippen LogP contribution in [0.1, 0.15) is 22.3 Å². The fraction of sp³-hybridized carbons (Fsp3) is 0.0189. The van der Waals surface area contributed by atoms with Crippen molar-refractivity contribution < 1.29 is 0 Å². The summed E-state index contributed by atoms with van der Waals surface area (Å²) in [5.41, 5.74) is 16.3. The molecule has 0 N–H and O–H groups in total. The van der Waals surface area contributed by atoms with Crippen LogP contribution in [0.25, 0.3) is 64.3 Å². The lowest BCUT2D eigenvalue weighted by Crippen LogP contribution is -2.25. The lowest BCUT2D eigenvalue weighted by Gasteiger charge is -2.31. The summed E-state index contributed by atoms with van der Waals surface area (Å²) < 4.78 is 2.72. The van der Waals surface area contributed by atoms with E-state index in [1.165, 1.54) is 86.6 Å². The molecule has 256 valence electrons. The zero-order valence-electron chi connectivity index (χ0n) is 29.9. The summed E-state index contributed by atoms with van der Waals surface area (Å²) in [6.07, 6.45) is 0. The molecular weight excluding hydrogens is 683 g/mol. The highest BCUT2D eigenvalue weighted by molar-refractivity contribution is 7.26. The molecule has 2 aliphatic carbocycles. The van der Waals surface area contributed by atoms with Crippen molar-refractivity contribution in [1.29, 1.82) is 0 Å². The van der Waals surface area contributed by atoms with Gasteiger partial charge < -0.3 is 4.90 Å². The molecule has 10 aromatic rings. The third kappa shape index (κ3) is 4.18. The largest absolute Gasteiger partial charge is 0.310 e. The number of anilines is 3. The summed E-state index contributed by atoms with van der Waals surface area (Å²) in [5, 5.41) is 5.14. The molecule has 2 heteroatoms. The zero-order valence-corrected chi connectivity index (χ0v) is 30.7. The van der Waals surface area contributed by atoms with Crippen molar-refractivity contribution in [2.24, 2.45) is 0 Å². The molecule has 0 saturated heterocycles. The predicted molar refractivity (Wildman–Crippen MR) is 233 cm³/mol. The van der Waals surface area contributed by atoms with Gasteiger partial charge in [0.05, 0.1) is 11.1 Å². The van der Waals surface area contributed by atoms with Gasteiger partial charge in [0, 0.05) is 42.5 Å². The molecule has 0 fully saturated rings. The Kier molecular flexibility index (Phi) is 6.49. The van der Waals surface area contributed by atoms with Gasteiger partial charge in [0.25, 0.3) is 0 Å². The van der Waals surface area contributed by atoms with Crippen LogP contribution in [0.3, 0.4) is 0 Å². The van der Waals surface area contributed by atoms with E-state index in [1.807, 2.05) is 11.3 Å². The molecule has 0 radical (unpaired) electrons. The quantitative estimate of drug-likeness (QED) is 0.175. The van der Waals surface area contributed by atoms with Crippen LogP contribution >= 0.6 is 11.3 Å². The summed E-state index contributed by atoms with van der Waals surface area (Å²) >= 11 is 1.93. The number of rotatable bonds is 4. The first kappa shape index (κ1) is 30.7. The Labute approximate surface area is 324 Å². The van der Waals surface area contributed by atoms with E-state index in [0.29, 0.717) is 0 Å². The lowest BCUT2D eigenvalue weighted by atomic mass is 9.70. The zero-order chi connectivity index (χ0) is 36.1. The lowest BCUT2D eigenvalue weighted by molar-refractivity contribution is 0.795. The molecule has 1 unspecified atom stereocenters. The van der Waals surface area contributed by atoms with E-state index in [2.05, 4.69) is 205 Å². The smallest absolute Gasteiger partial charge is 0.0726 e. The number of nitrogens with zero attached hydrogens (tertiary/aromatic N) is 1. The van der Waals surface area contributed by atoms with Gasteiger partial charge in [-0.25, -0.2) is 0 Å². The molecule has 12 rings (SSSR count). The van der Waals surface area contributed by atoms with Crippen LogP contribution in [0.2, 0.25) is 0 Å². The minimum Gasteiger partial charge on any atom is -0.310 e. The number of para-hydroxylation sites is 2. The molecule has 0 bridgehead atoms. The van der Waals surface area contributed by atoms with Gasteiger partial charge in [0.15, 0.2) is 0 Å². The highest BCUT2D eigenvalue weighted by Crippen LogP contribution is 2.65. The van der Waals surface area contributed by atoms with E-state index in [4.69, 9.17) is 0 Å². The molecule has 2 aliphatic rings. The summed E-state index contributed by atoms with van der Waals surface area (Å²) in [4.78, 5) is 2.38. The normalized spacial score (nSPS) is 15.0. The maximum absolute atomic E-state index is 2.52. The van der Waals surface area contributed by atoms with Crippen molar-refractivity contribution in [3.05, 3.63) is 222 Å². The monoisotopic (exact) mass is 715 g/mol. The van der Waals surface area contributed by atoms with E-state index in [-0.39, 0.29) is 0 Å². The molecule has 0 saturated carbocycles. The Morgan fingerprint density at radius 1 is 0.364 bits per heavy atom. The van der Waals surface area contributed by atoms with Gasteiger partial charge in [-0.1, -0.05) is 158 Å². The first-order valence-corrected chi connectivity index (χ1v) is 19.8. The van der Waals surface area contributed by atoms with Crippen LogP contribution in [0.4, 0.5) is 17.1 Å². The third-order valence-electron chi connectivity index (χ3n) is 12.1. The molecule has 1 heterocycles. The van der Waals surface area contributed by atoms with E-state index >= 15 is 0 Å². The van der Waals surface area contributed by atoms with Crippen molar-refractivity contribution in [3.8, 4) is 33.4 Å². The van der Waals surface area contributed by atoms with Crippen molar-refractivity contribution in [2.45, 2.75) is 5.41 Å². The molecule has 0 amide bonds. The second kappa shape index (κ2) is 11.6. The van der Waals surface area contributed by atoms with E-state index < -0.39 is 5.41 Å². The van der Waals surface area contributed by atoms with Gasteiger partial charge in [-0.15, -0.1) is 11.3 Å². The Morgan fingerprint density at radius 2 is 0.945 bits per heavy atom. The summed E-state index contributed by atoms with van der Waals surface area (Å²) in [7, 11) is 0. The molecule has 1 atom stereocenters. The van der Waals surface area contributed by atoms with Crippen molar-refractivity contribution >= 4 is 59.3 Å². The molecule has 1 aromatic heterocycles. The molecular formula is C53H33NS. The van der Waals surface area contributed by atoms with Crippen molar-refractivity contribution in [1.82, 2.24) is 0 Å². The second-order valence-corrected chi connectivity index (χ2v) is 15.8. The number of benzene rings is 9. The average molecular weight is 716 g/mol. The molecule has 9 aromatic carbocycles. The Bertz CT molecular complexity index is 3120. The van der Waals surface area contributed by atoms with E-state index in [0.717, 1.165) is 17.1 Å². The summed E-state index contributed by atoms with van der Waals surface area (Å²) in [6.45, 7) is 0. The average Bonchev–Trinajstić information content (AvgIpc) is 3.88. The number of fused-ring (bicyclic) bond motifs is 15. The first-order valence-electron chi connectivity index (χ1n) is 19.0. The molecule has 55 heavy (non-hydrogen) atoms. The maximum Gasteiger partial charge on any atom is 0.0726 e. The topological polar surface area (TPSA) is 3.24 Å². The SMILES string of the molecule is c1ccc(N(c2ccccc2)c2ccc(-c3ccc4c(c3)C3(c5ccccc5-4)c4ccccc4-c4c3ccc3c4sc4ccccc43)c3ccccc23)cc1. The number of thiophene rings is 1. The second-order valence-electron chi connectivity index (χ2n) is 14.7. The van der Waals surface area contributed by atoms with E-state index in [9.17, 15) is 0 Å². The third-order valence-corrected chi connectivity index (χ3v) is 13.3. The van der Waals surface area contributed by atoms with Crippen LogP contribution < -0.4 is 4.90 Å². The minimum atomic E-state index is -0.425. The van der Waals surface area contributed by atoms with Crippen LogP contribution in [-0.4, -0.2) is 0 Å². The molecule has 1 spiro atoms. The van der Waals surface area contributed by atoms with Crippen LogP contribution in [-0.2, 0) is 5.41 Å². The first-order chi connectivity index (χ1) is 27.3. The number of hydrogen-bond donors (Lipinski definition) is 0. The van der Waals surface area contributed by atoms with Gasteiger partial charge in [0.2, 0.25) is 0 Å². The van der Waals surface area contributed by atoms with E-state index in [1.54, 1.807) is 0 Å². The highest BCUT2D eigenvalue weighted by atomic mass is 32.1. The molecule has 1 nitrogen and oxygen atoms in total. The molecule has 0 aliphatic heterocycles. The van der Waals surface area contributed by atoms with Gasteiger partial charge in [-0.3, -0.25) is 0 Å². The van der Waals surface area contributed by atoms with Crippen molar-refractivity contribution in [2.75, 3.05) is 4.90 Å². The maximum atomic E-state index is 2.52. The fourth-order valence-corrected chi connectivity index (χ4v) is 11.1. The number of hydrogen-bond acceptors (Lipinski definition) is 2. The van der Waals surface area contributed by atoms with Gasteiger partial charge in [-0.05, 0) is 97.9 Å². The van der Waals surface area contributed by atoms with Gasteiger partial charge >= 0.3 is 0 Å². The standard InChI is InChI=1S/C53H33NS/c1-3-15-35(16-4-1)54(36-17-5-2-6-18-36)49-32-30-37(38-19-7-8-21-41(38)49)34-27-28-40-39-20-9-12-24-45(39)53(48(40)33-34)46-25-13-10-23-44(46)51-47(53)31-29-43-42-22-11-14-26-50(42)55-52(43)51/h1-33H. The summed E-state index contributed by atoms with van der Waals surface area (Å²) in [5.74, 6) is 0. The fourth-order valence-electron chi connectivity index (χ4n) is 9.88. The Hall–Kier alpha value is -6.74. The van der Waals surface area contributed by atoms with Gasteiger partial charge in [-0.2, -0.15) is 0 Å².